The van der Waals surface area contributed by atoms with Crippen LogP contribution in [0.4, 0.5) is 10.5 Å². The number of carbonyl (C=O) groups is 1. The number of anilines is 1. The Bertz CT molecular complexity index is 442. The van der Waals surface area contributed by atoms with Crippen LogP contribution in [0, 0.1) is 0 Å². The van der Waals surface area contributed by atoms with Gasteiger partial charge in [-0.25, -0.2) is 4.79 Å². The number of aliphatic hydroxyl groups excluding tert-OH is 1. The summed E-state index contributed by atoms with van der Waals surface area (Å²) in [6.45, 7) is 1.12. The number of benzene rings is 1. The maximum atomic E-state index is 11.7. The Labute approximate surface area is 132 Å². The highest BCUT2D eigenvalue weighted by Gasteiger charge is 2.15. The summed E-state index contributed by atoms with van der Waals surface area (Å²) in [6, 6.07) is 7.93. The largest absolute Gasteiger partial charge is 0.394 e. The lowest BCUT2D eigenvalue weighted by atomic mass is 9.84. The van der Waals surface area contributed by atoms with Gasteiger partial charge >= 0.3 is 6.03 Å². The van der Waals surface area contributed by atoms with Crippen LogP contribution in [-0.2, 0) is 4.74 Å². The summed E-state index contributed by atoms with van der Waals surface area (Å²) < 4.78 is 5.07. The van der Waals surface area contributed by atoms with Crippen molar-refractivity contribution >= 4 is 11.7 Å². The van der Waals surface area contributed by atoms with Crippen LogP contribution in [0.2, 0.25) is 0 Å². The molecule has 1 aliphatic carbocycles. The van der Waals surface area contributed by atoms with Crippen LogP contribution in [0.15, 0.2) is 24.3 Å². The molecule has 0 unspecified atom stereocenters. The molecule has 0 saturated heterocycles. The first-order chi connectivity index (χ1) is 10.8. The minimum atomic E-state index is -0.238. The van der Waals surface area contributed by atoms with Gasteiger partial charge in [0, 0.05) is 12.2 Å². The van der Waals surface area contributed by atoms with Crippen molar-refractivity contribution in [2.45, 2.75) is 38.0 Å². The Morgan fingerprint density at radius 2 is 1.86 bits per heavy atom. The number of hydrogen-bond donors (Lipinski definition) is 3. The van der Waals surface area contributed by atoms with E-state index in [9.17, 15) is 4.79 Å². The molecule has 0 bridgehead atoms. The summed E-state index contributed by atoms with van der Waals surface area (Å²) in [5.74, 6) is 0.681. The lowest BCUT2D eigenvalue weighted by molar-refractivity contribution is 0.0950. The van der Waals surface area contributed by atoms with Crippen LogP contribution in [0.1, 0.15) is 43.6 Å². The molecule has 5 nitrogen and oxygen atoms in total. The van der Waals surface area contributed by atoms with Crippen molar-refractivity contribution in [2.75, 3.05) is 31.7 Å². The highest BCUT2D eigenvalue weighted by atomic mass is 16.5. The molecule has 1 aliphatic rings. The molecule has 1 saturated carbocycles. The quantitative estimate of drug-likeness (QED) is 0.678. The van der Waals surface area contributed by atoms with Gasteiger partial charge in [0.25, 0.3) is 0 Å². The molecule has 0 aromatic heterocycles. The SMILES string of the molecule is O=C(NCCOCCO)Nc1ccc(C2CCCCC2)cc1. The fourth-order valence-electron chi connectivity index (χ4n) is 2.85. The average molecular weight is 306 g/mol. The minimum Gasteiger partial charge on any atom is -0.394 e. The monoisotopic (exact) mass is 306 g/mol. The molecular weight excluding hydrogens is 280 g/mol. The predicted octanol–water partition coefficient (Wildman–Crippen LogP) is 2.86. The Hall–Kier alpha value is -1.59. The van der Waals surface area contributed by atoms with Gasteiger partial charge in [-0.15, -0.1) is 0 Å². The van der Waals surface area contributed by atoms with Crippen molar-refractivity contribution in [1.82, 2.24) is 5.32 Å². The lowest BCUT2D eigenvalue weighted by Crippen LogP contribution is -2.31. The van der Waals surface area contributed by atoms with Gasteiger partial charge in [0.2, 0.25) is 0 Å². The van der Waals surface area contributed by atoms with E-state index in [4.69, 9.17) is 9.84 Å². The molecule has 122 valence electrons. The summed E-state index contributed by atoms with van der Waals surface area (Å²) in [4.78, 5) is 11.7. The Morgan fingerprint density at radius 1 is 1.14 bits per heavy atom. The van der Waals surface area contributed by atoms with Gasteiger partial charge in [-0.2, -0.15) is 0 Å². The number of carbonyl (C=O) groups excluding carboxylic acids is 1. The highest BCUT2D eigenvalue weighted by molar-refractivity contribution is 5.89. The van der Waals surface area contributed by atoms with Crippen LogP contribution in [0.5, 0.6) is 0 Å². The smallest absolute Gasteiger partial charge is 0.319 e. The maximum absolute atomic E-state index is 11.7. The zero-order valence-corrected chi connectivity index (χ0v) is 13.0. The van der Waals surface area contributed by atoms with Gasteiger partial charge in [0.05, 0.1) is 19.8 Å². The first-order valence-corrected chi connectivity index (χ1v) is 8.13. The van der Waals surface area contributed by atoms with Gasteiger partial charge < -0.3 is 20.5 Å². The maximum Gasteiger partial charge on any atom is 0.319 e. The number of aliphatic hydroxyl groups is 1. The molecule has 1 aromatic carbocycles. The van der Waals surface area contributed by atoms with E-state index in [0.717, 1.165) is 5.69 Å². The highest BCUT2D eigenvalue weighted by Crippen LogP contribution is 2.32. The van der Waals surface area contributed by atoms with Crippen molar-refractivity contribution < 1.29 is 14.6 Å². The number of ether oxygens (including phenoxy) is 1. The van der Waals surface area contributed by atoms with Gasteiger partial charge in [0.15, 0.2) is 0 Å². The molecular formula is C17H26N2O3. The van der Waals surface area contributed by atoms with E-state index in [1.54, 1.807) is 0 Å². The molecule has 0 aliphatic heterocycles. The first-order valence-electron chi connectivity index (χ1n) is 8.13. The molecule has 1 fully saturated rings. The van der Waals surface area contributed by atoms with E-state index in [0.29, 0.717) is 25.7 Å². The molecule has 1 aromatic rings. The topological polar surface area (TPSA) is 70.6 Å². The van der Waals surface area contributed by atoms with Crippen molar-refractivity contribution in [2.24, 2.45) is 0 Å². The molecule has 0 heterocycles. The van der Waals surface area contributed by atoms with Crippen LogP contribution in [0.25, 0.3) is 0 Å². The van der Waals surface area contributed by atoms with E-state index < -0.39 is 0 Å². The molecule has 22 heavy (non-hydrogen) atoms. The molecule has 2 rings (SSSR count). The zero-order chi connectivity index (χ0) is 15.6. The lowest BCUT2D eigenvalue weighted by Gasteiger charge is -2.22. The van der Waals surface area contributed by atoms with E-state index >= 15 is 0 Å². The Morgan fingerprint density at radius 3 is 2.55 bits per heavy atom. The molecule has 5 heteroatoms. The Kier molecular flexibility index (Phi) is 7.19. The number of amides is 2. The fourth-order valence-corrected chi connectivity index (χ4v) is 2.85. The van der Waals surface area contributed by atoms with Crippen molar-refractivity contribution in [3.8, 4) is 0 Å². The van der Waals surface area contributed by atoms with Crippen molar-refractivity contribution in [3.63, 3.8) is 0 Å². The second kappa shape index (κ2) is 9.43. The molecule has 3 N–H and O–H groups in total. The fraction of sp³-hybridized carbons (Fsp3) is 0.588. The summed E-state index contributed by atoms with van der Waals surface area (Å²) in [7, 11) is 0. The molecule has 0 radical (unpaired) electrons. The average Bonchev–Trinajstić information content (AvgIpc) is 2.56. The third-order valence-corrected chi connectivity index (χ3v) is 4.01. The summed E-state index contributed by atoms with van der Waals surface area (Å²) in [5.41, 5.74) is 2.18. The van der Waals surface area contributed by atoms with Crippen LogP contribution in [-0.4, -0.2) is 37.5 Å². The summed E-state index contributed by atoms with van der Waals surface area (Å²) in [6.07, 6.45) is 6.57. The van der Waals surface area contributed by atoms with Crippen LogP contribution < -0.4 is 10.6 Å². The standard InChI is InChI=1S/C17H26N2O3/c20-11-13-22-12-10-18-17(21)19-16-8-6-15(7-9-16)14-4-2-1-3-5-14/h6-9,14,20H,1-5,10-13H2,(H2,18,19,21). The third-order valence-electron chi connectivity index (χ3n) is 4.01. The van der Waals surface area contributed by atoms with Gasteiger partial charge in [0.1, 0.15) is 0 Å². The molecule has 0 spiro atoms. The second-order valence-electron chi connectivity index (χ2n) is 5.67. The number of nitrogens with one attached hydrogen (secondary N) is 2. The van der Waals surface area contributed by atoms with E-state index in [2.05, 4.69) is 22.8 Å². The van der Waals surface area contributed by atoms with Gasteiger partial charge in [-0.05, 0) is 36.5 Å². The van der Waals surface area contributed by atoms with E-state index in [1.165, 1.54) is 37.7 Å². The van der Waals surface area contributed by atoms with Gasteiger partial charge in [-0.3, -0.25) is 0 Å². The number of hydrogen-bond acceptors (Lipinski definition) is 3. The van der Waals surface area contributed by atoms with E-state index in [1.807, 2.05) is 12.1 Å². The number of rotatable bonds is 7. The van der Waals surface area contributed by atoms with Crippen molar-refractivity contribution in [3.05, 3.63) is 29.8 Å². The van der Waals surface area contributed by atoms with Crippen LogP contribution in [0.3, 0.4) is 0 Å². The third kappa shape index (κ3) is 5.66. The zero-order valence-electron chi connectivity index (χ0n) is 13.0. The molecule has 2 amide bonds. The Balaban J connectivity index is 1.72. The van der Waals surface area contributed by atoms with Crippen LogP contribution >= 0.6 is 0 Å². The van der Waals surface area contributed by atoms with Crippen molar-refractivity contribution in [1.29, 1.82) is 0 Å². The predicted molar refractivity (Wildman–Crippen MR) is 87.2 cm³/mol. The summed E-state index contributed by atoms with van der Waals surface area (Å²) in [5, 5.41) is 14.1. The summed E-state index contributed by atoms with van der Waals surface area (Å²) >= 11 is 0. The molecule has 0 atom stereocenters. The van der Waals surface area contributed by atoms with Gasteiger partial charge in [-0.1, -0.05) is 31.4 Å². The first kappa shape index (κ1) is 16.8. The number of urea groups is 1. The normalized spacial score (nSPS) is 15.5. The second-order valence-corrected chi connectivity index (χ2v) is 5.67. The van der Waals surface area contributed by atoms with E-state index in [-0.39, 0.29) is 12.6 Å². The minimum absolute atomic E-state index is 0.000457.